The molecule has 0 spiro atoms. The normalized spacial score (nSPS) is 16.9. The molecule has 3 aromatic rings. The average molecular weight is 439 g/mol. The lowest BCUT2D eigenvalue weighted by atomic mass is 9.98. The van der Waals surface area contributed by atoms with Gasteiger partial charge < -0.3 is 14.2 Å². The topological polar surface area (TPSA) is 71.7 Å². The van der Waals surface area contributed by atoms with Crippen LogP contribution in [0.2, 0.25) is 5.02 Å². The van der Waals surface area contributed by atoms with E-state index in [0.717, 1.165) is 24.6 Å². The van der Waals surface area contributed by atoms with E-state index in [0.29, 0.717) is 28.2 Å². The minimum Gasteiger partial charge on any atom is -0.482 e. The molecule has 0 N–H and O–H groups in total. The molecule has 31 heavy (non-hydrogen) atoms. The van der Waals surface area contributed by atoms with Crippen LogP contribution in [0, 0.1) is 5.92 Å². The molecule has 0 bridgehead atoms. The van der Waals surface area contributed by atoms with E-state index in [1.54, 1.807) is 23.1 Å². The second-order valence-electron chi connectivity index (χ2n) is 8.11. The van der Waals surface area contributed by atoms with Crippen molar-refractivity contribution in [3.8, 4) is 17.1 Å². The van der Waals surface area contributed by atoms with Crippen molar-refractivity contribution >= 4 is 28.9 Å². The number of anilines is 2. The number of piperidine rings is 1. The molecule has 160 valence electrons. The highest BCUT2D eigenvalue weighted by Gasteiger charge is 2.28. The summed E-state index contributed by atoms with van der Waals surface area (Å²) in [4.78, 5) is 20.9. The molecule has 0 unspecified atom stereocenters. The smallest absolute Gasteiger partial charge is 0.265 e. The number of carbonyl (C=O) groups excluding carboxylic acids is 1. The summed E-state index contributed by atoms with van der Waals surface area (Å²) in [5.41, 5.74) is 2.69. The molecule has 3 heterocycles. The Labute approximate surface area is 185 Å². The van der Waals surface area contributed by atoms with Crippen molar-refractivity contribution in [2.75, 3.05) is 29.5 Å². The van der Waals surface area contributed by atoms with Crippen LogP contribution < -0.4 is 14.5 Å². The molecule has 1 saturated heterocycles. The molecule has 1 amide bonds. The number of aromatic nitrogens is 2. The molecule has 0 saturated carbocycles. The first kappa shape index (κ1) is 19.9. The lowest BCUT2D eigenvalue weighted by Crippen LogP contribution is -2.38. The second kappa shape index (κ2) is 8.23. The van der Waals surface area contributed by atoms with Gasteiger partial charge in [0.2, 0.25) is 11.7 Å². The van der Waals surface area contributed by atoms with Crippen molar-refractivity contribution < 1.29 is 14.1 Å². The molecular formula is C23H23ClN4O3. The molecule has 0 atom stereocenters. The molecule has 1 fully saturated rings. The quantitative estimate of drug-likeness (QED) is 0.595. The highest BCUT2D eigenvalue weighted by molar-refractivity contribution is 6.31. The summed E-state index contributed by atoms with van der Waals surface area (Å²) in [7, 11) is 0. The van der Waals surface area contributed by atoms with Crippen LogP contribution in [0.5, 0.6) is 5.75 Å². The van der Waals surface area contributed by atoms with Crippen LogP contribution in [0.25, 0.3) is 11.4 Å². The van der Waals surface area contributed by atoms with Gasteiger partial charge in [-0.3, -0.25) is 9.69 Å². The number of carbonyl (C=O) groups is 1. The van der Waals surface area contributed by atoms with E-state index in [1.807, 2.05) is 12.1 Å². The number of rotatable bonds is 4. The number of hydrogen-bond acceptors (Lipinski definition) is 6. The Morgan fingerprint density at radius 2 is 1.90 bits per heavy atom. The van der Waals surface area contributed by atoms with Crippen LogP contribution in [-0.4, -0.2) is 35.7 Å². The average Bonchev–Trinajstić information content (AvgIpc) is 3.25. The van der Waals surface area contributed by atoms with Gasteiger partial charge in [-0.15, -0.1) is 0 Å². The van der Waals surface area contributed by atoms with Crippen LogP contribution in [-0.2, 0) is 11.3 Å². The fourth-order valence-corrected chi connectivity index (χ4v) is 4.17. The Kier molecular flexibility index (Phi) is 5.28. The molecule has 0 radical (unpaired) electrons. The fourth-order valence-electron chi connectivity index (χ4n) is 4.01. The van der Waals surface area contributed by atoms with Crippen molar-refractivity contribution in [2.45, 2.75) is 26.3 Å². The van der Waals surface area contributed by atoms with Crippen molar-refractivity contribution in [2.24, 2.45) is 5.92 Å². The monoisotopic (exact) mass is 438 g/mol. The molecule has 0 aliphatic carbocycles. The van der Waals surface area contributed by atoms with E-state index in [-0.39, 0.29) is 19.1 Å². The summed E-state index contributed by atoms with van der Waals surface area (Å²) in [5, 5.41) is 4.63. The van der Waals surface area contributed by atoms with Gasteiger partial charge >= 0.3 is 0 Å². The van der Waals surface area contributed by atoms with Crippen molar-refractivity contribution in [3.63, 3.8) is 0 Å². The Balaban J connectivity index is 1.32. The summed E-state index contributed by atoms with van der Waals surface area (Å²) in [5.74, 6) is 2.07. The molecule has 2 aliphatic heterocycles. The molecule has 1 aromatic heterocycles. The first-order valence-corrected chi connectivity index (χ1v) is 10.9. The number of nitrogens with zero attached hydrogens (tertiary/aromatic N) is 4. The van der Waals surface area contributed by atoms with E-state index in [4.69, 9.17) is 20.9 Å². The summed E-state index contributed by atoms with van der Waals surface area (Å²) in [6.07, 6.45) is 2.45. The van der Waals surface area contributed by atoms with Gasteiger partial charge in [-0.05, 0) is 61.2 Å². The first-order chi connectivity index (χ1) is 15.1. The predicted molar refractivity (Wildman–Crippen MR) is 118 cm³/mol. The van der Waals surface area contributed by atoms with Gasteiger partial charge in [-0.25, -0.2) is 0 Å². The largest absolute Gasteiger partial charge is 0.482 e. The minimum atomic E-state index is -0.185. The molecule has 8 heteroatoms. The van der Waals surface area contributed by atoms with Gasteiger partial charge in [0, 0.05) is 29.4 Å². The lowest BCUT2D eigenvalue weighted by Gasteiger charge is -2.32. The van der Waals surface area contributed by atoms with Crippen molar-refractivity contribution in [1.82, 2.24) is 10.1 Å². The zero-order chi connectivity index (χ0) is 21.4. The van der Waals surface area contributed by atoms with Crippen LogP contribution in [0.4, 0.5) is 11.4 Å². The Morgan fingerprint density at radius 1 is 1.13 bits per heavy atom. The maximum atomic E-state index is 12.4. The molecule has 2 aromatic carbocycles. The van der Waals surface area contributed by atoms with E-state index in [1.165, 1.54) is 18.5 Å². The minimum absolute atomic E-state index is 0.0354. The summed E-state index contributed by atoms with van der Waals surface area (Å²) >= 11 is 6.10. The zero-order valence-corrected chi connectivity index (χ0v) is 18.0. The van der Waals surface area contributed by atoms with Gasteiger partial charge in [0.25, 0.3) is 5.91 Å². The van der Waals surface area contributed by atoms with E-state index >= 15 is 0 Å². The number of ether oxygens (including phenoxy) is 1. The number of benzene rings is 2. The summed E-state index contributed by atoms with van der Waals surface area (Å²) in [6, 6.07) is 13.4. The van der Waals surface area contributed by atoms with E-state index in [9.17, 15) is 4.79 Å². The maximum absolute atomic E-state index is 12.4. The fraction of sp³-hybridized carbons (Fsp3) is 0.348. The number of fused-ring (bicyclic) bond motifs is 1. The standard InChI is InChI=1S/C23H23ClN4O3/c1-15-8-10-27(11-9-15)18-5-2-16(3-6-18)23-25-21(31-26-23)13-28-19-12-17(24)4-7-20(19)30-14-22(28)29/h2-7,12,15H,8-11,13-14H2,1H3. The van der Waals surface area contributed by atoms with Crippen molar-refractivity contribution in [1.29, 1.82) is 0 Å². The number of amides is 1. The second-order valence-corrected chi connectivity index (χ2v) is 8.55. The van der Waals surface area contributed by atoms with Crippen molar-refractivity contribution in [3.05, 3.63) is 53.4 Å². The Hall–Kier alpha value is -3.06. The van der Waals surface area contributed by atoms with Gasteiger partial charge in [-0.2, -0.15) is 4.98 Å². The molecular weight excluding hydrogens is 416 g/mol. The number of halogens is 1. The van der Waals surface area contributed by atoms with Gasteiger partial charge in [0.1, 0.15) is 12.3 Å². The van der Waals surface area contributed by atoms with Crippen LogP contribution in [0.15, 0.2) is 47.0 Å². The van der Waals surface area contributed by atoms with Gasteiger partial charge in [0.05, 0.1) is 5.69 Å². The molecule has 5 rings (SSSR count). The van der Waals surface area contributed by atoms with Gasteiger partial charge in [0.15, 0.2) is 6.61 Å². The SMILES string of the molecule is CC1CCN(c2ccc(-c3noc(CN4C(=O)COc5ccc(Cl)cc54)n3)cc2)CC1. The third-order valence-electron chi connectivity index (χ3n) is 5.90. The highest BCUT2D eigenvalue weighted by atomic mass is 35.5. The summed E-state index contributed by atoms with van der Waals surface area (Å²) < 4.78 is 10.9. The highest BCUT2D eigenvalue weighted by Crippen LogP contribution is 2.35. The van der Waals surface area contributed by atoms with Crippen LogP contribution in [0.3, 0.4) is 0 Å². The first-order valence-electron chi connectivity index (χ1n) is 10.5. The Bertz CT molecular complexity index is 1090. The third-order valence-corrected chi connectivity index (χ3v) is 6.13. The van der Waals surface area contributed by atoms with Crippen LogP contribution in [0.1, 0.15) is 25.7 Å². The molecule has 7 nitrogen and oxygen atoms in total. The van der Waals surface area contributed by atoms with Gasteiger partial charge in [-0.1, -0.05) is 23.7 Å². The predicted octanol–water partition coefficient (Wildman–Crippen LogP) is 4.55. The lowest BCUT2D eigenvalue weighted by molar-refractivity contribution is -0.121. The third kappa shape index (κ3) is 4.10. The van der Waals surface area contributed by atoms with Crippen LogP contribution >= 0.6 is 11.6 Å². The zero-order valence-electron chi connectivity index (χ0n) is 17.3. The van der Waals surface area contributed by atoms with E-state index < -0.39 is 0 Å². The summed E-state index contributed by atoms with van der Waals surface area (Å²) in [6.45, 7) is 4.61. The maximum Gasteiger partial charge on any atom is 0.265 e. The Morgan fingerprint density at radius 3 is 2.68 bits per heavy atom. The number of hydrogen-bond donors (Lipinski definition) is 0. The van der Waals surface area contributed by atoms with E-state index in [2.05, 4.69) is 34.1 Å². The molecule has 2 aliphatic rings.